The summed E-state index contributed by atoms with van der Waals surface area (Å²) >= 11 is 2.14. The number of hydrogen-bond acceptors (Lipinski definition) is 7. The normalized spacial score (nSPS) is 11.2. The number of hydrogen-bond donors (Lipinski definition) is 1. The fraction of sp³-hybridized carbons (Fsp3) is 0.261. The molecule has 8 nitrogen and oxygen atoms in total. The van der Waals surface area contributed by atoms with Gasteiger partial charge in [-0.25, -0.2) is 18.5 Å². The number of aromatic nitrogens is 1. The summed E-state index contributed by atoms with van der Waals surface area (Å²) in [6.45, 7) is 0. The Kier molecular flexibility index (Phi) is 8.03. The molecule has 0 bridgehead atoms. The van der Waals surface area contributed by atoms with Crippen molar-refractivity contribution in [1.82, 2.24) is 4.98 Å². The summed E-state index contributed by atoms with van der Waals surface area (Å²) in [7, 11) is 2.25. The predicted octanol–water partition coefficient (Wildman–Crippen LogP) is 3.55. The fourth-order valence-electron chi connectivity index (χ4n) is 3.47. The van der Waals surface area contributed by atoms with Crippen LogP contribution in [0.2, 0.25) is 0 Å². The number of sulfonamides is 1. The summed E-state index contributed by atoms with van der Waals surface area (Å²) in [6.07, 6.45) is 2.29. The van der Waals surface area contributed by atoms with Gasteiger partial charge < -0.3 is 18.9 Å². The third kappa shape index (κ3) is 5.68. The Bertz CT molecular complexity index is 1260. The Balaban J connectivity index is 2.09. The number of rotatable bonds is 9. The van der Waals surface area contributed by atoms with Crippen molar-refractivity contribution in [3.8, 4) is 23.0 Å². The summed E-state index contributed by atoms with van der Waals surface area (Å²) in [6, 6.07) is 10.9. The summed E-state index contributed by atoms with van der Waals surface area (Å²) in [4.78, 5) is 4.23. The highest BCUT2D eigenvalue weighted by atomic mass is 127. The van der Waals surface area contributed by atoms with Crippen LogP contribution in [0.4, 0.5) is 0 Å². The van der Waals surface area contributed by atoms with Gasteiger partial charge in [-0.1, -0.05) is 12.1 Å². The van der Waals surface area contributed by atoms with Crippen molar-refractivity contribution in [3.05, 3.63) is 68.4 Å². The molecule has 176 valence electrons. The molecule has 0 aliphatic rings. The van der Waals surface area contributed by atoms with E-state index in [0.29, 0.717) is 35.0 Å². The van der Waals surface area contributed by atoms with Crippen molar-refractivity contribution in [2.45, 2.75) is 17.9 Å². The summed E-state index contributed by atoms with van der Waals surface area (Å²) in [5.41, 5.74) is 3.04. The molecule has 0 unspecified atom stereocenters. The molecule has 0 fully saturated rings. The van der Waals surface area contributed by atoms with Gasteiger partial charge in [0.2, 0.25) is 0 Å². The van der Waals surface area contributed by atoms with E-state index < -0.39 is 10.0 Å². The molecule has 0 aliphatic carbocycles. The van der Waals surface area contributed by atoms with Crippen molar-refractivity contribution in [2.75, 3.05) is 28.4 Å². The van der Waals surface area contributed by atoms with Gasteiger partial charge in [-0.3, -0.25) is 0 Å². The molecule has 0 radical (unpaired) electrons. The summed E-state index contributed by atoms with van der Waals surface area (Å²) in [5, 5.41) is 5.34. The minimum atomic E-state index is -4.04. The second-order valence-corrected chi connectivity index (χ2v) is 9.69. The maximum Gasteiger partial charge on any atom is 0.255 e. The van der Waals surface area contributed by atoms with Crippen LogP contribution < -0.4 is 24.1 Å². The van der Waals surface area contributed by atoms with Gasteiger partial charge in [-0.05, 0) is 51.4 Å². The molecule has 0 saturated heterocycles. The molecule has 1 aromatic heterocycles. The van der Waals surface area contributed by atoms with E-state index in [1.54, 1.807) is 52.8 Å². The molecule has 2 N–H and O–H groups in total. The number of pyridine rings is 1. The number of benzene rings is 2. The van der Waals surface area contributed by atoms with Crippen molar-refractivity contribution in [3.63, 3.8) is 0 Å². The minimum Gasteiger partial charge on any atom is -0.497 e. The number of nitrogens with two attached hydrogens (primary N) is 1. The highest BCUT2D eigenvalue weighted by molar-refractivity contribution is 14.1. The lowest BCUT2D eigenvalue weighted by atomic mass is 10.0. The number of ether oxygens (including phenoxy) is 4. The van der Waals surface area contributed by atoms with Gasteiger partial charge in [-0.15, -0.1) is 0 Å². The molecule has 33 heavy (non-hydrogen) atoms. The highest BCUT2D eigenvalue weighted by Gasteiger charge is 2.23. The topological polar surface area (TPSA) is 110 Å². The molecule has 0 saturated carbocycles. The first-order chi connectivity index (χ1) is 15.7. The van der Waals surface area contributed by atoms with Gasteiger partial charge >= 0.3 is 0 Å². The van der Waals surface area contributed by atoms with Crippen LogP contribution in [0.15, 0.2) is 47.6 Å². The van der Waals surface area contributed by atoms with Crippen molar-refractivity contribution in [1.29, 1.82) is 0 Å². The average molecular weight is 584 g/mol. The van der Waals surface area contributed by atoms with Gasteiger partial charge in [0.05, 0.1) is 28.4 Å². The first-order valence-corrected chi connectivity index (χ1v) is 12.4. The van der Waals surface area contributed by atoms with E-state index in [-0.39, 0.29) is 11.4 Å². The quantitative estimate of drug-likeness (QED) is 0.383. The van der Waals surface area contributed by atoms with Crippen LogP contribution >= 0.6 is 22.6 Å². The minimum absolute atomic E-state index is 0.157. The standard InChI is InChI=1S/C23H25IN2O6S/c1-29-17-7-5-14(20(11-17)31-3)9-16-13-26-23(33(25,27)28)19(22(16)24)10-15-6-8-18(30-2)12-21(15)32-4/h5-8,11-13H,9-10H2,1-4H3,(H2,25,27,28). The van der Waals surface area contributed by atoms with E-state index in [1.807, 2.05) is 18.2 Å². The highest BCUT2D eigenvalue weighted by Crippen LogP contribution is 2.33. The van der Waals surface area contributed by atoms with E-state index in [4.69, 9.17) is 24.1 Å². The van der Waals surface area contributed by atoms with Crippen LogP contribution in [0, 0.1) is 3.57 Å². The predicted molar refractivity (Wildman–Crippen MR) is 133 cm³/mol. The van der Waals surface area contributed by atoms with E-state index in [9.17, 15) is 8.42 Å². The van der Waals surface area contributed by atoms with Crippen molar-refractivity contribution >= 4 is 32.6 Å². The number of halogens is 1. The maximum absolute atomic E-state index is 12.3. The van der Waals surface area contributed by atoms with Crippen LogP contribution in [-0.4, -0.2) is 41.8 Å². The Hall–Kier alpha value is -2.57. The zero-order valence-electron chi connectivity index (χ0n) is 18.7. The lowest BCUT2D eigenvalue weighted by Gasteiger charge is -2.17. The van der Waals surface area contributed by atoms with E-state index in [1.165, 1.54) is 0 Å². The third-order valence-electron chi connectivity index (χ3n) is 5.15. The number of nitrogens with zero attached hydrogens (tertiary/aromatic N) is 1. The molecule has 3 rings (SSSR count). The molecule has 0 atom stereocenters. The van der Waals surface area contributed by atoms with E-state index in [0.717, 1.165) is 20.3 Å². The Morgan fingerprint density at radius 2 is 1.33 bits per heavy atom. The molecule has 0 amide bonds. The van der Waals surface area contributed by atoms with Gasteiger partial charge in [0.15, 0.2) is 5.03 Å². The van der Waals surface area contributed by atoms with Gasteiger partial charge in [0.1, 0.15) is 23.0 Å². The van der Waals surface area contributed by atoms with Gasteiger partial charge in [0, 0.05) is 40.3 Å². The summed E-state index contributed by atoms with van der Waals surface area (Å²) < 4.78 is 46.9. The zero-order chi connectivity index (χ0) is 24.2. The first-order valence-electron chi connectivity index (χ1n) is 9.82. The molecular formula is C23H25IN2O6S. The van der Waals surface area contributed by atoms with E-state index >= 15 is 0 Å². The van der Waals surface area contributed by atoms with Crippen molar-refractivity contribution in [2.24, 2.45) is 5.14 Å². The molecule has 2 aromatic carbocycles. The molecular weight excluding hydrogens is 559 g/mol. The smallest absolute Gasteiger partial charge is 0.255 e. The van der Waals surface area contributed by atoms with Gasteiger partial charge in [0.25, 0.3) is 10.0 Å². The number of methoxy groups -OCH3 is 4. The van der Waals surface area contributed by atoms with Crippen LogP contribution in [0.5, 0.6) is 23.0 Å². The van der Waals surface area contributed by atoms with E-state index in [2.05, 4.69) is 27.6 Å². The van der Waals surface area contributed by atoms with Crippen LogP contribution in [-0.2, 0) is 22.9 Å². The van der Waals surface area contributed by atoms with Crippen molar-refractivity contribution < 1.29 is 27.4 Å². The monoisotopic (exact) mass is 584 g/mol. The first kappa shape index (κ1) is 25.1. The molecule has 3 aromatic rings. The molecule has 10 heteroatoms. The second-order valence-electron chi connectivity index (χ2n) is 7.14. The Labute approximate surface area is 207 Å². The molecule has 0 aliphatic heterocycles. The zero-order valence-corrected chi connectivity index (χ0v) is 21.7. The second kappa shape index (κ2) is 10.6. The SMILES string of the molecule is COc1ccc(Cc2cnc(S(N)(=O)=O)c(Cc3ccc(OC)cc3OC)c2I)c(OC)c1. The largest absolute Gasteiger partial charge is 0.497 e. The molecule has 0 spiro atoms. The Morgan fingerprint density at radius 1 is 0.818 bits per heavy atom. The average Bonchev–Trinajstić information content (AvgIpc) is 2.81. The lowest BCUT2D eigenvalue weighted by molar-refractivity contribution is 0.391. The Morgan fingerprint density at radius 3 is 1.79 bits per heavy atom. The van der Waals surface area contributed by atoms with Crippen LogP contribution in [0.1, 0.15) is 22.3 Å². The number of primary sulfonamides is 1. The lowest BCUT2D eigenvalue weighted by Crippen LogP contribution is -2.18. The van der Waals surface area contributed by atoms with Gasteiger partial charge in [-0.2, -0.15) is 0 Å². The van der Waals surface area contributed by atoms with Crippen LogP contribution in [0.3, 0.4) is 0 Å². The van der Waals surface area contributed by atoms with Crippen LogP contribution in [0.25, 0.3) is 0 Å². The third-order valence-corrected chi connectivity index (χ3v) is 7.38. The maximum atomic E-state index is 12.3. The fourth-order valence-corrected chi connectivity index (χ4v) is 5.15. The molecule has 1 heterocycles. The summed E-state index contributed by atoms with van der Waals surface area (Å²) in [5.74, 6) is 2.56.